The molecule has 0 saturated heterocycles. The zero-order chi connectivity index (χ0) is 11.0. The van der Waals surface area contributed by atoms with Gasteiger partial charge in [0, 0.05) is 12.8 Å². The molecule has 0 aromatic rings. The molecule has 0 bridgehead atoms. The fourth-order valence-electron chi connectivity index (χ4n) is 1.09. The molecule has 5 heteroatoms. The normalized spacial score (nSPS) is 10.6. The molecule has 0 saturated carbocycles. The van der Waals surface area contributed by atoms with E-state index in [1.807, 2.05) is 14.1 Å². The summed E-state index contributed by atoms with van der Waals surface area (Å²) in [5, 5.41) is 8.37. The van der Waals surface area contributed by atoms with Crippen LogP contribution in [-0.4, -0.2) is 44.4 Å². The van der Waals surface area contributed by atoms with Gasteiger partial charge in [-0.2, -0.15) is 5.26 Å². The molecule has 0 fully saturated rings. The number of hydrogen-bond donors (Lipinski definition) is 1. The van der Waals surface area contributed by atoms with Crippen LogP contribution in [0.25, 0.3) is 0 Å². The van der Waals surface area contributed by atoms with Crippen LogP contribution in [0.15, 0.2) is 0 Å². The monoisotopic (exact) mass is 200 g/mol. The number of rotatable bonds is 6. The lowest BCUT2D eigenvalue weighted by Crippen LogP contribution is -2.43. The minimum Gasteiger partial charge on any atom is -0.444 e. The summed E-state index contributed by atoms with van der Waals surface area (Å²) in [5.41, 5.74) is 4.83. The molecule has 0 heterocycles. The van der Waals surface area contributed by atoms with Gasteiger partial charge in [0.2, 0.25) is 0 Å². The average Bonchev–Trinajstić information content (AvgIpc) is 2.03. The molecule has 0 aromatic heterocycles. The molecule has 5 nitrogen and oxygen atoms in total. The molecule has 0 radical (unpaired) electrons. The highest BCUT2D eigenvalue weighted by atomic mass is 16.5. The molecule has 0 aliphatic heterocycles. The Morgan fingerprint density at radius 3 is 2.64 bits per heavy atom. The number of amides is 1. The molecule has 0 unspecified atom stereocenters. The van der Waals surface area contributed by atoms with Gasteiger partial charge in [0.1, 0.15) is 13.2 Å². The quantitative estimate of drug-likeness (QED) is 0.500. The Bertz CT molecular complexity index is 221. The molecule has 0 spiro atoms. The van der Waals surface area contributed by atoms with Crippen molar-refractivity contribution in [2.45, 2.75) is 12.8 Å². The predicted octanol–water partition coefficient (Wildman–Crippen LogP) is 0.462. The molecule has 0 aromatic carbocycles. The highest BCUT2D eigenvalue weighted by Gasteiger charge is 2.14. The van der Waals surface area contributed by atoms with Gasteiger partial charge in [-0.25, -0.2) is 4.79 Å². The third-order valence-corrected chi connectivity index (χ3v) is 1.99. The third kappa shape index (κ3) is 7.37. The van der Waals surface area contributed by atoms with E-state index in [1.165, 1.54) is 0 Å². The summed E-state index contributed by atoms with van der Waals surface area (Å²) >= 11 is 0. The number of nitrogens with two attached hydrogens (primary N) is 1. The summed E-state index contributed by atoms with van der Waals surface area (Å²) in [6.45, 7) is 1.94. The van der Waals surface area contributed by atoms with Crippen LogP contribution in [0.4, 0.5) is 4.79 Å². The molecule has 0 aliphatic rings. The average molecular weight is 200 g/mol. The molecular formula is C9H18N3O2+. The maximum Gasteiger partial charge on any atom is 0.404 e. The first kappa shape index (κ1) is 12.7. The van der Waals surface area contributed by atoms with Crippen LogP contribution in [0.2, 0.25) is 0 Å². The van der Waals surface area contributed by atoms with E-state index in [0.29, 0.717) is 19.6 Å². The van der Waals surface area contributed by atoms with E-state index in [-0.39, 0.29) is 0 Å². The molecule has 0 atom stereocenters. The number of primary amides is 1. The van der Waals surface area contributed by atoms with Crippen molar-refractivity contribution >= 4 is 6.09 Å². The summed E-state index contributed by atoms with van der Waals surface area (Å²) in [6.07, 6.45) is 0.695. The zero-order valence-electron chi connectivity index (χ0n) is 8.82. The highest BCUT2D eigenvalue weighted by Crippen LogP contribution is 2.00. The van der Waals surface area contributed by atoms with Gasteiger partial charge in [-0.05, 0) is 0 Å². The molecular weight excluding hydrogens is 182 g/mol. The van der Waals surface area contributed by atoms with Gasteiger partial charge in [0.25, 0.3) is 0 Å². The second-order valence-electron chi connectivity index (χ2n) is 3.81. The van der Waals surface area contributed by atoms with E-state index < -0.39 is 6.09 Å². The van der Waals surface area contributed by atoms with Crippen LogP contribution in [0.5, 0.6) is 0 Å². The van der Waals surface area contributed by atoms with Crippen LogP contribution in [0.1, 0.15) is 12.8 Å². The molecule has 80 valence electrons. The maximum atomic E-state index is 10.3. The number of quaternary nitrogens is 1. The standard InChI is InChI=1S/C9H17N3O2/c1-12(2,6-4-3-5-10)7-8-14-9(11)13/h3-4,6-8H2,1-2H3,(H-,11,13)/p+1. The Kier molecular flexibility index (Phi) is 5.65. The van der Waals surface area contributed by atoms with Crippen LogP contribution < -0.4 is 5.73 Å². The van der Waals surface area contributed by atoms with Gasteiger partial charge in [0.15, 0.2) is 0 Å². The predicted molar refractivity (Wildman–Crippen MR) is 52.2 cm³/mol. The number of unbranched alkanes of at least 4 members (excludes halogenated alkanes) is 1. The summed E-state index contributed by atoms with van der Waals surface area (Å²) in [4.78, 5) is 10.3. The maximum absolute atomic E-state index is 10.3. The van der Waals surface area contributed by atoms with E-state index in [2.05, 4.69) is 10.8 Å². The minimum absolute atomic E-state index is 0.328. The van der Waals surface area contributed by atoms with Crippen molar-refractivity contribution in [3.05, 3.63) is 0 Å². The Hall–Kier alpha value is -1.28. The van der Waals surface area contributed by atoms with E-state index in [1.54, 1.807) is 0 Å². The van der Waals surface area contributed by atoms with Gasteiger partial charge < -0.3 is 15.0 Å². The zero-order valence-corrected chi connectivity index (χ0v) is 8.82. The molecule has 2 N–H and O–H groups in total. The fraction of sp³-hybridized carbons (Fsp3) is 0.778. The number of likely N-dealkylation sites (N-methyl/N-ethyl adjacent to an activating group) is 1. The first-order valence-electron chi connectivity index (χ1n) is 4.59. The lowest BCUT2D eigenvalue weighted by Gasteiger charge is -2.28. The Labute approximate surface area is 84.6 Å². The summed E-state index contributed by atoms with van der Waals surface area (Å²) in [7, 11) is 4.06. The third-order valence-electron chi connectivity index (χ3n) is 1.99. The molecule has 14 heavy (non-hydrogen) atoms. The van der Waals surface area contributed by atoms with Gasteiger partial charge in [0.05, 0.1) is 26.7 Å². The van der Waals surface area contributed by atoms with E-state index >= 15 is 0 Å². The number of carbonyl (C=O) groups excluding carboxylic acids is 1. The van der Waals surface area contributed by atoms with Gasteiger partial charge in [-0.15, -0.1) is 0 Å². The van der Waals surface area contributed by atoms with Crippen molar-refractivity contribution in [2.75, 3.05) is 33.8 Å². The first-order valence-corrected chi connectivity index (χ1v) is 4.59. The van der Waals surface area contributed by atoms with Crippen LogP contribution >= 0.6 is 0 Å². The van der Waals surface area contributed by atoms with Gasteiger partial charge in [-0.1, -0.05) is 0 Å². The lowest BCUT2D eigenvalue weighted by molar-refractivity contribution is -0.890. The Balaban J connectivity index is 3.61. The lowest BCUT2D eigenvalue weighted by atomic mass is 10.3. The number of ether oxygens (including phenoxy) is 1. The largest absolute Gasteiger partial charge is 0.444 e. The second kappa shape index (κ2) is 6.22. The van der Waals surface area contributed by atoms with Crippen molar-refractivity contribution in [1.82, 2.24) is 0 Å². The smallest absolute Gasteiger partial charge is 0.404 e. The van der Waals surface area contributed by atoms with Gasteiger partial charge >= 0.3 is 6.09 Å². The SMILES string of the molecule is C[N+](C)(CCCC#N)CCOC(N)=O. The van der Waals surface area contributed by atoms with E-state index in [0.717, 1.165) is 17.4 Å². The minimum atomic E-state index is -0.734. The topological polar surface area (TPSA) is 76.1 Å². The van der Waals surface area contributed by atoms with E-state index in [4.69, 9.17) is 11.0 Å². The second-order valence-corrected chi connectivity index (χ2v) is 3.81. The van der Waals surface area contributed by atoms with Crippen molar-refractivity contribution in [3.63, 3.8) is 0 Å². The van der Waals surface area contributed by atoms with Crippen molar-refractivity contribution in [3.8, 4) is 6.07 Å². The molecule has 1 amide bonds. The number of hydrogen-bond acceptors (Lipinski definition) is 3. The first-order chi connectivity index (χ1) is 6.48. The van der Waals surface area contributed by atoms with Crippen molar-refractivity contribution in [2.24, 2.45) is 5.73 Å². The molecule has 0 aliphatic carbocycles. The van der Waals surface area contributed by atoms with Crippen molar-refractivity contribution in [1.29, 1.82) is 5.26 Å². The number of nitriles is 1. The van der Waals surface area contributed by atoms with Crippen LogP contribution in [-0.2, 0) is 4.74 Å². The number of carbonyl (C=O) groups is 1. The van der Waals surface area contributed by atoms with Gasteiger partial charge in [-0.3, -0.25) is 0 Å². The summed E-state index contributed by atoms with van der Waals surface area (Å²) in [6, 6.07) is 2.10. The highest BCUT2D eigenvalue weighted by molar-refractivity contribution is 5.64. The van der Waals surface area contributed by atoms with Crippen molar-refractivity contribution < 1.29 is 14.0 Å². The summed E-state index contributed by atoms with van der Waals surface area (Å²) in [5.74, 6) is 0. The Morgan fingerprint density at radius 1 is 1.50 bits per heavy atom. The van der Waals surface area contributed by atoms with Crippen LogP contribution in [0.3, 0.4) is 0 Å². The fourth-order valence-corrected chi connectivity index (χ4v) is 1.09. The van der Waals surface area contributed by atoms with Crippen LogP contribution in [0, 0.1) is 11.3 Å². The summed E-state index contributed by atoms with van der Waals surface area (Å²) < 4.78 is 5.37. The Morgan fingerprint density at radius 2 is 2.14 bits per heavy atom. The number of nitrogens with zero attached hydrogens (tertiary/aromatic N) is 2. The van der Waals surface area contributed by atoms with E-state index in [9.17, 15) is 4.79 Å². The molecule has 0 rings (SSSR count).